The molecule has 34 heavy (non-hydrogen) atoms. The summed E-state index contributed by atoms with van der Waals surface area (Å²) in [7, 11) is 4.46. The normalized spacial score (nSPS) is 11.1. The number of thiazole rings is 1. The van der Waals surface area contributed by atoms with Crippen molar-refractivity contribution in [3.63, 3.8) is 0 Å². The summed E-state index contributed by atoms with van der Waals surface area (Å²) in [5.74, 6) is 1.59. The number of benzene rings is 1. The molecule has 1 aromatic heterocycles. The van der Waals surface area contributed by atoms with Crippen LogP contribution < -0.4 is 24.8 Å². The molecule has 1 aromatic carbocycles. The monoisotopic (exact) mass is 492 g/mol. The van der Waals surface area contributed by atoms with Crippen LogP contribution in [0.3, 0.4) is 0 Å². The van der Waals surface area contributed by atoms with Crippen LogP contribution in [0.15, 0.2) is 17.5 Å². The van der Waals surface area contributed by atoms with Crippen molar-refractivity contribution in [2.75, 3.05) is 52.8 Å². The van der Waals surface area contributed by atoms with Crippen molar-refractivity contribution < 1.29 is 23.8 Å². The third-order valence-corrected chi connectivity index (χ3v) is 5.63. The lowest BCUT2D eigenvalue weighted by Gasteiger charge is -2.26. The van der Waals surface area contributed by atoms with Crippen LogP contribution in [0.4, 0.5) is 5.13 Å². The highest BCUT2D eigenvalue weighted by molar-refractivity contribution is 7.14. The van der Waals surface area contributed by atoms with Crippen molar-refractivity contribution in [1.82, 2.24) is 15.2 Å². The summed E-state index contributed by atoms with van der Waals surface area (Å²) < 4.78 is 15.8. The SMILES string of the molecule is COc1cc(OC)c(C(=O)Nc2nc(C(=O)NCCN(CC(C)C)CC(C)C)cs2)cc1OC. The lowest BCUT2D eigenvalue weighted by Crippen LogP contribution is -2.38. The minimum atomic E-state index is -0.433. The van der Waals surface area contributed by atoms with E-state index in [9.17, 15) is 9.59 Å². The second kappa shape index (κ2) is 13.1. The Morgan fingerprint density at radius 1 is 0.941 bits per heavy atom. The number of amides is 2. The Bertz CT molecular complexity index is 951. The van der Waals surface area contributed by atoms with Crippen LogP contribution in [0, 0.1) is 11.8 Å². The fourth-order valence-electron chi connectivity index (χ4n) is 3.51. The van der Waals surface area contributed by atoms with Gasteiger partial charge in [-0.1, -0.05) is 27.7 Å². The summed E-state index contributed by atoms with van der Waals surface area (Å²) in [6, 6.07) is 3.12. The average Bonchev–Trinajstić information content (AvgIpc) is 3.25. The molecule has 188 valence electrons. The maximum Gasteiger partial charge on any atom is 0.270 e. The molecule has 0 radical (unpaired) electrons. The summed E-state index contributed by atoms with van der Waals surface area (Å²) in [4.78, 5) is 32.0. The van der Waals surface area contributed by atoms with E-state index >= 15 is 0 Å². The van der Waals surface area contributed by atoms with Crippen molar-refractivity contribution in [2.45, 2.75) is 27.7 Å². The fraction of sp³-hybridized carbons (Fsp3) is 0.542. The van der Waals surface area contributed by atoms with Gasteiger partial charge in [0.15, 0.2) is 16.6 Å². The summed E-state index contributed by atoms with van der Waals surface area (Å²) in [5.41, 5.74) is 0.524. The lowest BCUT2D eigenvalue weighted by atomic mass is 10.1. The van der Waals surface area contributed by atoms with Crippen LogP contribution in [0.5, 0.6) is 17.2 Å². The number of hydrogen-bond acceptors (Lipinski definition) is 8. The molecule has 0 bridgehead atoms. The number of nitrogens with one attached hydrogen (secondary N) is 2. The molecule has 1 heterocycles. The first-order chi connectivity index (χ1) is 16.2. The maximum absolute atomic E-state index is 12.8. The molecule has 0 unspecified atom stereocenters. The Labute approximate surface area is 205 Å². The van der Waals surface area contributed by atoms with Gasteiger partial charge in [0, 0.05) is 43.7 Å². The number of hydrogen-bond donors (Lipinski definition) is 2. The van der Waals surface area contributed by atoms with Gasteiger partial charge in [-0.2, -0.15) is 0 Å². The molecule has 0 aliphatic rings. The van der Waals surface area contributed by atoms with Gasteiger partial charge in [0.05, 0.1) is 26.9 Å². The van der Waals surface area contributed by atoms with E-state index in [2.05, 4.69) is 48.2 Å². The van der Waals surface area contributed by atoms with Gasteiger partial charge >= 0.3 is 0 Å². The average molecular weight is 493 g/mol. The Balaban J connectivity index is 2.00. The Morgan fingerprint density at radius 3 is 2.09 bits per heavy atom. The van der Waals surface area contributed by atoms with Crippen molar-refractivity contribution in [1.29, 1.82) is 0 Å². The molecule has 0 atom stereocenters. The van der Waals surface area contributed by atoms with E-state index in [1.807, 2.05) is 0 Å². The smallest absolute Gasteiger partial charge is 0.270 e. The van der Waals surface area contributed by atoms with Crippen LogP contribution in [0.2, 0.25) is 0 Å². The minimum Gasteiger partial charge on any atom is -0.496 e. The number of anilines is 1. The first-order valence-corrected chi connectivity index (χ1v) is 12.1. The van der Waals surface area contributed by atoms with Gasteiger partial charge in [-0.15, -0.1) is 11.3 Å². The number of rotatable bonds is 13. The molecule has 2 N–H and O–H groups in total. The third-order valence-electron chi connectivity index (χ3n) is 4.87. The molecule has 2 rings (SSSR count). The predicted molar refractivity (Wildman–Crippen MR) is 135 cm³/mol. The van der Waals surface area contributed by atoms with Gasteiger partial charge < -0.3 is 24.4 Å². The molecule has 0 aliphatic carbocycles. The van der Waals surface area contributed by atoms with Gasteiger partial charge in [-0.25, -0.2) is 4.98 Å². The van der Waals surface area contributed by atoms with E-state index < -0.39 is 5.91 Å². The summed E-state index contributed by atoms with van der Waals surface area (Å²) in [6.07, 6.45) is 0. The van der Waals surface area contributed by atoms with Crippen LogP contribution in [-0.2, 0) is 0 Å². The van der Waals surface area contributed by atoms with Crippen LogP contribution in [0.25, 0.3) is 0 Å². The standard InChI is InChI=1S/C24H36N4O5S/c1-15(2)12-28(13-16(3)4)9-8-25-23(30)18-14-34-24(26-18)27-22(29)17-10-20(32-6)21(33-7)11-19(17)31-5/h10-11,14-16H,8-9,12-13H2,1-7H3,(H,25,30)(H,26,27,29). The van der Waals surface area contributed by atoms with Gasteiger partial charge in [0.2, 0.25) is 0 Å². The number of methoxy groups -OCH3 is 3. The zero-order chi connectivity index (χ0) is 25.3. The van der Waals surface area contributed by atoms with Crippen molar-refractivity contribution in [2.24, 2.45) is 11.8 Å². The van der Waals surface area contributed by atoms with Gasteiger partial charge in [0.1, 0.15) is 11.4 Å². The number of carbonyl (C=O) groups excluding carboxylic acids is 2. The highest BCUT2D eigenvalue weighted by atomic mass is 32.1. The molecular formula is C24H36N4O5S. The molecule has 9 nitrogen and oxygen atoms in total. The molecule has 10 heteroatoms. The van der Waals surface area contributed by atoms with Crippen molar-refractivity contribution >= 4 is 28.3 Å². The van der Waals surface area contributed by atoms with Gasteiger partial charge in [-0.05, 0) is 11.8 Å². The first-order valence-electron chi connectivity index (χ1n) is 11.3. The molecule has 0 fully saturated rings. The fourth-order valence-corrected chi connectivity index (χ4v) is 4.20. The Hall–Kier alpha value is -2.85. The maximum atomic E-state index is 12.8. The van der Waals surface area contributed by atoms with E-state index in [0.717, 1.165) is 19.6 Å². The summed E-state index contributed by atoms with van der Waals surface area (Å²) >= 11 is 1.18. The molecule has 0 aliphatic heterocycles. The number of carbonyl (C=O) groups is 2. The first kappa shape index (κ1) is 27.4. The Morgan fingerprint density at radius 2 is 1.53 bits per heavy atom. The number of nitrogens with zero attached hydrogens (tertiary/aromatic N) is 2. The largest absolute Gasteiger partial charge is 0.496 e. The highest BCUT2D eigenvalue weighted by Gasteiger charge is 2.20. The summed E-state index contributed by atoms with van der Waals surface area (Å²) in [5, 5.41) is 7.57. The van der Waals surface area contributed by atoms with Crippen LogP contribution >= 0.6 is 11.3 Å². The quantitative estimate of drug-likeness (QED) is 0.439. The molecule has 0 spiro atoms. The van der Waals surface area contributed by atoms with E-state index in [1.165, 1.54) is 38.7 Å². The van der Waals surface area contributed by atoms with Crippen LogP contribution in [-0.4, -0.2) is 69.2 Å². The third kappa shape index (κ3) is 7.88. The molecule has 0 saturated heterocycles. The molecule has 2 amide bonds. The lowest BCUT2D eigenvalue weighted by molar-refractivity contribution is 0.0940. The van der Waals surface area contributed by atoms with E-state index in [4.69, 9.17) is 14.2 Å². The molecule has 0 saturated carbocycles. The zero-order valence-corrected chi connectivity index (χ0v) is 21.9. The van der Waals surface area contributed by atoms with E-state index in [1.54, 1.807) is 11.4 Å². The molecule has 2 aromatic rings. The minimum absolute atomic E-state index is 0.261. The van der Waals surface area contributed by atoms with Gasteiger partial charge in [-0.3, -0.25) is 14.9 Å². The second-order valence-electron chi connectivity index (χ2n) is 8.70. The Kier molecular flexibility index (Phi) is 10.6. The van der Waals surface area contributed by atoms with E-state index in [-0.39, 0.29) is 17.2 Å². The predicted octanol–water partition coefficient (Wildman–Crippen LogP) is 3.77. The molecular weight excluding hydrogens is 456 g/mol. The van der Waals surface area contributed by atoms with Crippen molar-refractivity contribution in [3.8, 4) is 17.2 Å². The van der Waals surface area contributed by atoms with Crippen molar-refractivity contribution in [3.05, 3.63) is 28.8 Å². The summed E-state index contributed by atoms with van der Waals surface area (Å²) in [6.45, 7) is 12.0. The number of aromatic nitrogens is 1. The van der Waals surface area contributed by atoms with E-state index in [0.29, 0.717) is 40.8 Å². The topological polar surface area (TPSA) is 102 Å². The zero-order valence-electron chi connectivity index (χ0n) is 21.1. The second-order valence-corrected chi connectivity index (χ2v) is 9.56. The number of ether oxygens (including phenoxy) is 3. The van der Waals surface area contributed by atoms with Crippen LogP contribution in [0.1, 0.15) is 48.5 Å². The highest BCUT2D eigenvalue weighted by Crippen LogP contribution is 2.35. The van der Waals surface area contributed by atoms with Gasteiger partial charge in [0.25, 0.3) is 11.8 Å².